The van der Waals surface area contributed by atoms with Gasteiger partial charge in [-0.1, -0.05) is 73.4 Å². The lowest BCUT2D eigenvalue weighted by Crippen LogP contribution is -2.38. The second-order valence-electron chi connectivity index (χ2n) is 7.74. The molecule has 33 heavy (non-hydrogen) atoms. The fraction of sp³-hybridized carbons (Fsp3) is 0.292. The van der Waals surface area contributed by atoms with Crippen LogP contribution < -0.4 is 5.32 Å². The quantitative estimate of drug-likeness (QED) is 0.416. The van der Waals surface area contributed by atoms with Crippen molar-refractivity contribution in [1.82, 2.24) is 5.32 Å². The molecule has 0 bridgehead atoms. The van der Waals surface area contributed by atoms with Gasteiger partial charge in [-0.3, -0.25) is 14.4 Å². The molecule has 0 aromatic heterocycles. The number of benzene rings is 2. The van der Waals surface area contributed by atoms with Crippen LogP contribution in [0.25, 0.3) is 6.08 Å². The molecule has 9 heteroatoms. The van der Waals surface area contributed by atoms with Crippen molar-refractivity contribution in [2.45, 2.75) is 32.5 Å². The second-order valence-corrected chi connectivity index (χ2v) is 8.56. The molecule has 2 atom stereocenters. The van der Waals surface area contributed by atoms with Crippen molar-refractivity contribution in [3.8, 4) is 0 Å². The van der Waals surface area contributed by atoms with E-state index in [1.807, 2.05) is 0 Å². The highest BCUT2D eigenvalue weighted by Gasteiger charge is 2.45. The van der Waals surface area contributed by atoms with Crippen molar-refractivity contribution in [2.24, 2.45) is 11.8 Å². The van der Waals surface area contributed by atoms with Gasteiger partial charge in [0.05, 0.1) is 10.0 Å². The third kappa shape index (κ3) is 7.72. The molecule has 0 unspecified atom stereocenters. The summed E-state index contributed by atoms with van der Waals surface area (Å²) in [7, 11) is 0. The molecule has 0 fully saturated rings. The Kier molecular flexibility index (Phi) is 9.25. The minimum atomic E-state index is -5.05. The number of ketones is 2. The third-order valence-corrected chi connectivity index (χ3v) is 5.69. The SMILES string of the molecule is CC(C)[C@H](CC(=O)[C@@H](NC(=O)/C=C/c1ccc(Cl)c(Cl)c1)c1ccccc1)C(=O)C(F)(F)F. The van der Waals surface area contributed by atoms with Crippen LogP contribution in [0.3, 0.4) is 0 Å². The first kappa shape index (κ1) is 26.6. The first-order valence-electron chi connectivity index (χ1n) is 10.0. The van der Waals surface area contributed by atoms with E-state index in [9.17, 15) is 27.6 Å². The van der Waals surface area contributed by atoms with Crippen molar-refractivity contribution in [2.75, 3.05) is 0 Å². The lowest BCUT2D eigenvalue weighted by molar-refractivity contribution is -0.177. The van der Waals surface area contributed by atoms with E-state index in [1.54, 1.807) is 48.5 Å². The maximum absolute atomic E-state index is 13.0. The van der Waals surface area contributed by atoms with Crippen LogP contribution in [0.2, 0.25) is 10.0 Å². The summed E-state index contributed by atoms with van der Waals surface area (Å²) in [5.74, 6) is -5.57. The predicted molar refractivity (Wildman–Crippen MR) is 122 cm³/mol. The zero-order valence-corrected chi connectivity index (χ0v) is 19.3. The molecule has 1 amide bonds. The lowest BCUT2D eigenvalue weighted by Gasteiger charge is -2.23. The first-order valence-corrected chi connectivity index (χ1v) is 10.8. The Morgan fingerprint density at radius 2 is 1.64 bits per heavy atom. The molecule has 0 heterocycles. The van der Waals surface area contributed by atoms with Crippen LogP contribution in [0.5, 0.6) is 0 Å². The van der Waals surface area contributed by atoms with Crippen LogP contribution in [0.1, 0.15) is 37.4 Å². The largest absolute Gasteiger partial charge is 0.450 e. The summed E-state index contributed by atoms with van der Waals surface area (Å²) in [5, 5.41) is 3.17. The predicted octanol–water partition coefficient (Wildman–Crippen LogP) is 6.23. The number of Topliss-reactive ketones (excluding diaryl/α,β-unsaturated/α-hetero) is 2. The Balaban J connectivity index is 2.24. The van der Waals surface area contributed by atoms with Crippen LogP contribution in [0, 0.1) is 11.8 Å². The number of halogens is 5. The van der Waals surface area contributed by atoms with Crippen molar-refractivity contribution in [3.05, 3.63) is 75.8 Å². The number of hydrogen-bond acceptors (Lipinski definition) is 3. The molecule has 4 nitrogen and oxygen atoms in total. The number of rotatable bonds is 9. The van der Waals surface area contributed by atoms with E-state index in [0.29, 0.717) is 21.2 Å². The molecule has 0 aliphatic heterocycles. The summed E-state index contributed by atoms with van der Waals surface area (Å²) in [4.78, 5) is 37.3. The number of nitrogens with one attached hydrogen (secondary N) is 1. The minimum Gasteiger partial charge on any atom is -0.339 e. The van der Waals surface area contributed by atoms with E-state index in [1.165, 1.54) is 26.0 Å². The Hall–Kier alpha value is -2.64. The Bertz CT molecular complexity index is 1040. The highest BCUT2D eigenvalue weighted by atomic mass is 35.5. The van der Waals surface area contributed by atoms with Crippen LogP contribution in [-0.4, -0.2) is 23.6 Å². The fourth-order valence-corrected chi connectivity index (χ4v) is 3.46. The summed E-state index contributed by atoms with van der Waals surface area (Å²) in [5.41, 5.74) is 0.971. The van der Waals surface area contributed by atoms with E-state index in [4.69, 9.17) is 23.2 Å². The standard InChI is InChI=1S/C24H22Cl2F3NO3/c1-14(2)17(23(33)24(27,28)29)13-20(31)22(16-6-4-3-5-7-16)30-21(32)11-9-15-8-10-18(25)19(26)12-15/h3-12,14,17,22H,13H2,1-2H3,(H,30,32)/b11-9+/t17-,22-/m0/s1. The second kappa shape index (κ2) is 11.5. The van der Waals surface area contributed by atoms with Gasteiger partial charge in [-0.05, 0) is 35.3 Å². The van der Waals surface area contributed by atoms with Gasteiger partial charge in [0, 0.05) is 18.4 Å². The molecule has 0 spiro atoms. The van der Waals surface area contributed by atoms with Crippen molar-refractivity contribution < 1.29 is 27.6 Å². The van der Waals surface area contributed by atoms with Crippen molar-refractivity contribution >= 4 is 46.8 Å². The number of amides is 1. The van der Waals surface area contributed by atoms with Gasteiger partial charge in [0.1, 0.15) is 6.04 Å². The van der Waals surface area contributed by atoms with E-state index < -0.39 is 47.9 Å². The topological polar surface area (TPSA) is 63.2 Å². The highest BCUT2D eigenvalue weighted by molar-refractivity contribution is 6.42. The molecule has 1 N–H and O–H groups in total. The average Bonchev–Trinajstić information content (AvgIpc) is 2.75. The molecular formula is C24H22Cl2F3NO3. The number of carbonyl (C=O) groups is 3. The molecule has 0 saturated heterocycles. The Morgan fingerprint density at radius 3 is 2.18 bits per heavy atom. The van der Waals surface area contributed by atoms with Crippen molar-refractivity contribution in [3.63, 3.8) is 0 Å². The maximum atomic E-state index is 13.0. The van der Waals surface area contributed by atoms with E-state index >= 15 is 0 Å². The summed E-state index contributed by atoms with van der Waals surface area (Å²) in [6.07, 6.45) is -3.09. The van der Waals surface area contributed by atoms with Gasteiger partial charge in [0.25, 0.3) is 0 Å². The molecule has 0 aliphatic carbocycles. The van der Waals surface area contributed by atoms with Crippen LogP contribution >= 0.6 is 23.2 Å². The molecule has 0 aliphatic rings. The fourth-order valence-electron chi connectivity index (χ4n) is 3.15. The summed E-state index contributed by atoms with van der Waals surface area (Å²) in [6, 6.07) is 11.6. The van der Waals surface area contributed by atoms with Gasteiger partial charge < -0.3 is 5.32 Å². The van der Waals surface area contributed by atoms with Gasteiger partial charge in [0.2, 0.25) is 11.7 Å². The van der Waals surface area contributed by atoms with Crippen molar-refractivity contribution in [1.29, 1.82) is 0 Å². The third-order valence-electron chi connectivity index (χ3n) is 4.95. The van der Waals surface area contributed by atoms with Crippen LogP contribution in [0.15, 0.2) is 54.6 Å². The maximum Gasteiger partial charge on any atom is 0.450 e. The lowest BCUT2D eigenvalue weighted by atomic mass is 9.84. The normalized spacial score (nSPS) is 13.7. The van der Waals surface area contributed by atoms with E-state index in [2.05, 4.69) is 5.32 Å². The zero-order valence-electron chi connectivity index (χ0n) is 17.8. The average molecular weight is 500 g/mol. The molecule has 0 saturated carbocycles. The van der Waals surface area contributed by atoms with Crippen LogP contribution in [-0.2, 0) is 14.4 Å². The summed E-state index contributed by atoms with van der Waals surface area (Å²) >= 11 is 11.8. The molecule has 2 aromatic carbocycles. The molecule has 2 aromatic rings. The van der Waals surface area contributed by atoms with Gasteiger partial charge >= 0.3 is 6.18 Å². The van der Waals surface area contributed by atoms with Gasteiger partial charge in [-0.15, -0.1) is 0 Å². The van der Waals surface area contributed by atoms with E-state index in [0.717, 1.165) is 0 Å². The summed E-state index contributed by atoms with van der Waals surface area (Å²) < 4.78 is 39.0. The van der Waals surface area contributed by atoms with Gasteiger partial charge in [0.15, 0.2) is 5.78 Å². The minimum absolute atomic E-state index is 0.297. The zero-order chi connectivity index (χ0) is 24.8. The first-order chi connectivity index (χ1) is 15.4. The monoisotopic (exact) mass is 499 g/mol. The molecule has 2 rings (SSSR count). The molecular weight excluding hydrogens is 478 g/mol. The number of alkyl halides is 3. The Labute approximate surface area is 199 Å². The van der Waals surface area contributed by atoms with Crippen LogP contribution in [0.4, 0.5) is 13.2 Å². The highest BCUT2D eigenvalue weighted by Crippen LogP contribution is 2.30. The van der Waals surface area contributed by atoms with Gasteiger partial charge in [-0.25, -0.2) is 0 Å². The smallest absolute Gasteiger partial charge is 0.339 e. The molecule has 0 radical (unpaired) electrons. The number of carbonyl (C=O) groups excluding carboxylic acids is 3. The van der Waals surface area contributed by atoms with Gasteiger partial charge in [-0.2, -0.15) is 13.2 Å². The summed E-state index contributed by atoms with van der Waals surface area (Å²) in [6.45, 7) is 2.88. The number of hydrogen-bond donors (Lipinski definition) is 1. The van der Waals surface area contributed by atoms with E-state index in [-0.39, 0.29) is 0 Å². The molecule has 176 valence electrons. The Morgan fingerprint density at radius 1 is 1.00 bits per heavy atom.